The summed E-state index contributed by atoms with van der Waals surface area (Å²) in [6.45, 7) is 4.27. The van der Waals surface area contributed by atoms with Crippen LogP contribution < -0.4 is 0 Å². The van der Waals surface area contributed by atoms with Gasteiger partial charge < -0.3 is 4.40 Å². The topological polar surface area (TPSA) is 17.3 Å². The molecule has 2 heterocycles. The first kappa shape index (κ1) is 13.2. The van der Waals surface area contributed by atoms with Crippen molar-refractivity contribution in [3.63, 3.8) is 0 Å². The normalized spacial score (nSPS) is 11.2. The summed E-state index contributed by atoms with van der Waals surface area (Å²) in [4.78, 5) is 4.75. The van der Waals surface area contributed by atoms with Crippen LogP contribution in [0.5, 0.6) is 0 Å². The molecule has 3 heteroatoms. The van der Waals surface area contributed by atoms with E-state index in [0.29, 0.717) is 5.88 Å². The molecule has 0 radical (unpaired) electrons. The Morgan fingerprint density at radius 1 is 1.10 bits per heavy atom. The highest BCUT2D eigenvalue weighted by Gasteiger charge is 2.10. The predicted molar refractivity (Wildman–Crippen MR) is 84.3 cm³/mol. The number of pyridine rings is 1. The van der Waals surface area contributed by atoms with Gasteiger partial charge in [0.2, 0.25) is 0 Å². The Kier molecular flexibility index (Phi) is 3.49. The summed E-state index contributed by atoms with van der Waals surface area (Å²) in [6, 6.07) is 12.7. The zero-order valence-electron chi connectivity index (χ0n) is 11.7. The number of benzene rings is 1. The van der Waals surface area contributed by atoms with Crippen LogP contribution in [0.1, 0.15) is 23.7 Å². The summed E-state index contributed by atoms with van der Waals surface area (Å²) in [6.07, 6.45) is 3.10. The van der Waals surface area contributed by atoms with E-state index in [1.807, 2.05) is 18.3 Å². The van der Waals surface area contributed by atoms with Gasteiger partial charge in [-0.3, -0.25) is 0 Å². The number of nitrogens with zero attached hydrogens (tertiary/aromatic N) is 2. The summed E-state index contributed by atoms with van der Waals surface area (Å²) in [5.41, 5.74) is 6.76. The van der Waals surface area contributed by atoms with Crippen LogP contribution in [0, 0.1) is 6.92 Å². The molecule has 0 aliphatic rings. The molecular formula is C17H17ClN2. The lowest BCUT2D eigenvalue weighted by Gasteiger charge is -2.01. The maximum atomic E-state index is 5.89. The summed E-state index contributed by atoms with van der Waals surface area (Å²) in [5, 5.41) is 0. The average molecular weight is 285 g/mol. The van der Waals surface area contributed by atoms with E-state index >= 15 is 0 Å². The van der Waals surface area contributed by atoms with Gasteiger partial charge in [-0.25, -0.2) is 4.98 Å². The number of alkyl halides is 1. The monoisotopic (exact) mass is 284 g/mol. The number of hydrogen-bond donors (Lipinski definition) is 0. The zero-order chi connectivity index (χ0) is 14.1. The molecule has 0 amide bonds. The van der Waals surface area contributed by atoms with Crippen molar-refractivity contribution in [2.24, 2.45) is 0 Å². The maximum Gasteiger partial charge on any atom is 0.137 e. The first-order valence-corrected chi connectivity index (χ1v) is 7.39. The highest BCUT2D eigenvalue weighted by Crippen LogP contribution is 2.25. The molecule has 3 aromatic rings. The van der Waals surface area contributed by atoms with Crippen molar-refractivity contribution in [2.75, 3.05) is 0 Å². The van der Waals surface area contributed by atoms with Gasteiger partial charge in [0.05, 0.1) is 5.69 Å². The molecule has 2 aromatic heterocycles. The molecule has 20 heavy (non-hydrogen) atoms. The van der Waals surface area contributed by atoms with Crippen molar-refractivity contribution in [3.05, 3.63) is 59.4 Å². The Labute approximate surface area is 124 Å². The second kappa shape index (κ2) is 5.29. The van der Waals surface area contributed by atoms with Crippen molar-refractivity contribution in [1.82, 2.24) is 9.38 Å². The Hall–Kier alpha value is -1.80. The number of imidazole rings is 1. The van der Waals surface area contributed by atoms with Gasteiger partial charge in [0.1, 0.15) is 5.65 Å². The van der Waals surface area contributed by atoms with Gasteiger partial charge in [-0.2, -0.15) is 0 Å². The standard InChI is InChI=1S/C17H17ClN2/c1-3-13-4-6-15(7-5-13)17-12(2)20-9-8-14(11-18)10-16(20)19-17/h4-10H,3,11H2,1-2H3. The van der Waals surface area contributed by atoms with Crippen LogP contribution in [0.4, 0.5) is 0 Å². The minimum atomic E-state index is 0.517. The molecule has 0 aliphatic heterocycles. The van der Waals surface area contributed by atoms with E-state index in [4.69, 9.17) is 16.6 Å². The van der Waals surface area contributed by atoms with Crippen molar-refractivity contribution in [1.29, 1.82) is 0 Å². The number of aryl methyl sites for hydroxylation is 2. The summed E-state index contributed by atoms with van der Waals surface area (Å²) in [5.74, 6) is 0.517. The predicted octanol–water partition coefficient (Wildman–Crippen LogP) is 4.61. The first-order chi connectivity index (χ1) is 9.72. The van der Waals surface area contributed by atoms with Gasteiger partial charge in [0, 0.05) is 23.3 Å². The first-order valence-electron chi connectivity index (χ1n) is 6.85. The van der Waals surface area contributed by atoms with Crippen LogP contribution >= 0.6 is 11.6 Å². The van der Waals surface area contributed by atoms with E-state index in [9.17, 15) is 0 Å². The maximum absolute atomic E-state index is 5.89. The number of rotatable bonds is 3. The van der Waals surface area contributed by atoms with Gasteiger partial charge in [-0.15, -0.1) is 11.6 Å². The third-order valence-corrected chi connectivity index (χ3v) is 4.03. The Morgan fingerprint density at radius 3 is 2.50 bits per heavy atom. The third-order valence-electron chi connectivity index (χ3n) is 3.72. The van der Waals surface area contributed by atoms with Crippen LogP contribution in [-0.4, -0.2) is 9.38 Å². The molecule has 102 valence electrons. The minimum absolute atomic E-state index is 0.517. The van der Waals surface area contributed by atoms with Crippen LogP contribution in [0.15, 0.2) is 42.6 Å². The molecule has 0 N–H and O–H groups in total. The molecule has 0 atom stereocenters. The fraction of sp³-hybridized carbons (Fsp3) is 0.235. The van der Waals surface area contributed by atoms with Crippen molar-refractivity contribution >= 4 is 17.2 Å². The number of hydrogen-bond acceptors (Lipinski definition) is 1. The van der Waals surface area contributed by atoms with E-state index in [0.717, 1.165) is 34.6 Å². The smallest absolute Gasteiger partial charge is 0.137 e. The van der Waals surface area contributed by atoms with Crippen LogP contribution in [-0.2, 0) is 12.3 Å². The molecular weight excluding hydrogens is 268 g/mol. The SMILES string of the molecule is CCc1ccc(-c2nc3cc(CCl)ccn3c2C)cc1. The van der Waals surface area contributed by atoms with Gasteiger partial charge in [-0.1, -0.05) is 31.2 Å². The summed E-state index contributed by atoms with van der Waals surface area (Å²) >= 11 is 5.89. The molecule has 0 aliphatic carbocycles. The van der Waals surface area contributed by atoms with E-state index in [1.54, 1.807) is 0 Å². The summed E-state index contributed by atoms with van der Waals surface area (Å²) < 4.78 is 2.11. The van der Waals surface area contributed by atoms with Crippen LogP contribution in [0.25, 0.3) is 16.9 Å². The molecule has 0 spiro atoms. The minimum Gasteiger partial charge on any atom is -0.304 e. The van der Waals surface area contributed by atoms with Crippen molar-refractivity contribution in [3.8, 4) is 11.3 Å². The lowest BCUT2D eigenvalue weighted by Crippen LogP contribution is -1.89. The lowest BCUT2D eigenvalue weighted by atomic mass is 10.1. The van der Waals surface area contributed by atoms with Crippen LogP contribution in [0.3, 0.4) is 0 Å². The molecule has 0 unspecified atom stereocenters. The highest BCUT2D eigenvalue weighted by molar-refractivity contribution is 6.17. The quantitative estimate of drug-likeness (QED) is 0.642. The zero-order valence-corrected chi connectivity index (χ0v) is 12.5. The van der Waals surface area contributed by atoms with Gasteiger partial charge >= 0.3 is 0 Å². The lowest BCUT2D eigenvalue weighted by molar-refractivity contribution is 1.10. The Bertz CT molecular complexity index is 742. The van der Waals surface area contributed by atoms with E-state index in [1.165, 1.54) is 5.56 Å². The Morgan fingerprint density at radius 2 is 1.85 bits per heavy atom. The summed E-state index contributed by atoms with van der Waals surface area (Å²) in [7, 11) is 0. The molecule has 0 saturated carbocycles. The molecule has 2 nitrogen and oxygen atoms in total. The fourth-order valence-electron chi connectivity index (χ4n) is 2.46. The Balaban J connectivity index is 2.12. The molecule has 3 rings (SSSR count). The highest BCUT2D eigenvalue weighted by atomic mass is 35.5. The number of aromatic nitrogens is 2. The largest absolute Gasteiger partial charge is 0.304 e. The second-order valence-corrected chi connectivity index (χ2v) is 5.26. The van der Waals surface area contributed by atoms with E-state index in [2.05, 4.69) is 42.5 Å². The van der Waals surface area contributed by atoms with Crippen molar-refractivity contribution in [2.45, 2.75) is 26.1 Å². The van der Waals surface area contributed by atoms with Crippen molar-refractivity contribution < 1.29 is 0 Å². The fourth-order valence-corrected chi connectivity index (χ4v) is 2.63. The van der Waals surface area contributed by atoms with E-state index in [-0.39, 0.29) is 0 Å². The molecule has 0 bridgehead atoms. The average Bonchev–Trinajstić information content (AvgIpc) is 2.84. The molecule has 0 saturated heterocycles. The van der Waals surface area contributed by atoms with Crippen LogP contribution in [0.2, 0.25) is 0 Å². The van der Waals surface area contributed by atoms with Gasteiger partial charge in [-0.05, 0) is 36.6 Å². The van der Waals surface area contributed by atoms with Gasteiger partial charge in [0.15, 0.2) is 0 Å². The third kappa shape index (κ3) is 2.20. The number of halogens is 1. The number of fused-ring (bicyclic) bond motifs is 1. The molecule has 1 aromatic carbocycles. The molecule has 0 fully saturated rings. The van der Waals surface area contributed by atoms with E-state index < -0.39 is 0 Å². The second-order valence-electron chi connectivity index (χ2n) is 4.99. The van der Waals surface area contributed by atoms with Gasteiger partial charge in [0.25, 0.3) is 0 Å².